The second-order valence-corrected chi connectivity index (χ2v) is 5.02. The number of ketones is 1. The maximum atomic E-state index is 12.8. The zero-order valence-electron chi connectivity index (χ0n) is 12.3. The summed E-state index contributed by atoms with van der Waals surface area (Å²) in [7, 11) is 0. The third kappa shape index (κ3) is 2.71. The highest BCUT2D eigenvalue weighted by molar-refractivity contribution is 6.18. The number of Topliss-reactive ketones (excluding diaryl/α,β-unsaturated/α-hetero) is 1. The van der Waals surface area contributed by atoms with Crippen molar-refractivity contribution in [1.82, 2.24) is 0 Å². The van der Waals surface area contributed by atoms with Crippen molar-refractivity contribution in [3.05, 3.63) is 66.2 Å². The largest absolute Gasteiger partial charge is 0.479 e. The lowest BCUT2D eigenvalue weighted by Gasteiger charge is -2.37. The summed E-state index contributed by atoms with van der Waals surface area (Å²) in [6, 6.07) is 17.2. The van der Waals surface area contributed by atoms with E-state index in [1.54, 1.807) is 54.6 Å². The van der Waals surface area contributed by atoms with Gasteiger partial charge in [0.15, 0.2) is 11.3 Å². The molecule has 0 heterocycles. The average molecular weight is 298 g/mol. The van der Waals surface area contributed by atoms with Crippen LogP contribution in [0.4, 0.5) is 5.69 Å². The molecule has 114 valence electrons. The third-order valence-corrected chi connectivity index (χ3v) is 3.68. The lowest BCUT2D eigenvalue weighted by Crippen LogP contribution is -2.60. The molecular weight excluding hydrogens is 280 g/mol. The lowest BCUT2D eigenvalue weighted by atomic mass is 9.89. The molecule has 1 atom stereocenters. The Bertz CT molecular complexity index is 658. The third-order valence-electron chi connectivity index (χ3n) is 3.68. The van der Waals surface area contributed by atoms with E-state index in [-0.39, 0.29) is 6.67 Å². The number of benzene rings is 2. The first-order chi connectivity index (χ1) is 10.5. The van der Waals surface area contributed by atoms with Crippen molar-refractivity contribution in [2.45, 2.75) is 12.5 Å². The molecule has 0 aromatic heterocycles. The molecule has 3 N–H and O–H groups in total. The van der Waals surface area contributed by atoms with E-state index in [2.05, 4.69) is 0 Å². The van der Waals surface area contributed by atoms with Gasteiger partial charge in [-0.05, 0) is 19.1 Å². The SMILES string of the molecule is C[C@](C(=O)O)(C(=O)c1ccccc1)N(CN)c1ccccc1. The Labute approximate surface area is 129 Å². The van der Waals surface area contributed by atoms with Crippen LogP contribution >= 0.6 is 0 Å². The second-order valence-electron chi connectivity index (χ2n) is 5.02. The number of rotatable bonds is 6. The average Bonchev–Trinajstić information content (AvgIpc) is 2.56. The van der Waals surface area contributed by atoms with Crippen LogP contribution in [0.25, 0.3) is 0 Å². The number of carboxylic acids is 1. The number of para-hydroxylation sites is 1. The van der Waals surface area contributed by atoms with E-state index in [0.717, 1.165) is 0 Å². The molecule has 2 aromatic carbocycles. The highest BCUT2D eigenvalue weighted by Crippen LogP contribution is 2.27. The molecular formula is C17H18N2O3. The smallest absolute Gasteiger partial charge is 0.337 e. The lowest BCUT2D eigenvalue weighted by molar-refractivity contribution is -0.140. The highest BCUT2D eigenvalue weighted by Gasteiger charge is 2.47. The van der Waals surface area contributed by atoms with Crippen LogP contribution in [0.5, 0.6) is 0 Å². The number of carbonyl (C=O) groups is 2. The van der Waals surface area contributed by atoms with Gasteiger partial charge in [0.05, 0.1) is 6.67 Å². The number of anilines is 1. The summed E-state index contributed by atoms with van der Waals surface area (Å²) < 4.78 is 0. The predicted molar refractivity (Wildman–Crippen MR) is 84.8 cm³/mol. The van der Waals surface area contributed by atoms with Gasteiger partial charge >= 0.3 is 5.97 Å². The van der Waals surface area contributed by atoms with E-state index in [9.17, 15) is 14.7 Å². The van der Waals surface area contributed by atoms with Crippen molar-refractivity contribution in [3.63, 3.8) is 0 Å². The fourth-order valence-electron chi connectivity index (χ4n) is 2.36. The quantitative estimate of drug-likeness (QED) is 0.485. The van der Waals surface area contributed by atoms with Crippen LogP contribution in [0.15, 0.2) is 60.7 Å². The van der Waals surface area contributed by atoms with Gasteiger partial charge in [-0.15, -0.1) is 0 Å². The number of nitrogens with two attached hydrogens (primary N) is 1. The van der Waals surface area contributed by atoms with E-state index in [1.165, 1.54) is 11.8 Å². The summed E-state index contributed by atoms with van der Waals surface area (Å²) in [5.41, 5.74) is 4.89. The summed E-state index contributed by atoms with van der Waals surface area (Å²) in [6.07, 6.45) is 0. The van der Waals surface area contributed by atoms with Crippen LogP contribution < -0.4 is 10.6 Å². The van der Waals surface area contributed by atoms with Gasteiger partial charge in [0.25, 0.3) is 0 Å². The maximum Gasteiger partial charge on any atom is 0.337 e. The zero-order valence-corrected chi connectivity index (χ0v) is 12.3. The van der Waals surface area contributed by atoms with Gasteiger partial charge in [-0.25, -0.2) is 4.79 Å². The van der Waals surface area contributed by atoms with Crippen molar-refractivity contribution >= 4 is 17.4 Å². The summed E-state index contributed by atoms with van der Waals surface area (Å²) in [6.45, 7) is 1.29. The summed E-state index contributed by atoms with van der Waals surface area (Å²) in [5.74, 6) is -1.74. The van der Waals surface area contributed by atoms with Gasteiger partial charge < -0.3 is 15.7 Å². The topological polar surface area (TPSA) is 83.6 Å². The molecule has 0 bridgehead atoms. The molecule has 0 aliphatic carbocycles. The Hall–Kier alpha value is -2.66. The molecule has 0 amide bonds. The Kier molecular flexibility index (Phi) is 4.58. The minimum Gasteiger partial charge on any atom is -0.479 e. The standard InChI is InChI=1S/C17H18N2O3/c1-17(16(21)22,15(20)13-8-4-2-5-9-13)19(12-18)14-10-6-3-7-11-14/h2-11H,12,18H2,1H3,(H,21,22)/t17-/m1/s1. The molecule has 0 radical (unpaired) electrons. The maximum absolute atomic E-state index is 12.8. The van der Waals surface area contributed by atoms with Crippen LogP contribution in [0, 0.1) is 0 Å². The molecule has 0 saturated heterocycles. The van der Waals surface area contributed by atoms with Crippen molar-refractivity contribution in [2.24, 2.45) is 5.73 Å². The van der Waals surface area contributed by atoms with E-state index >= 15 is 0 Å². The molecule has 0 fully saturated rings. The van der Waals surface area contributed by atoms with Crippen molar-refractivity contribution in [3.8, 4) is 0 Å². The monoisotopic (exact) mass is 298 g/mol. The van der Waals surface area contributed by atoms with Gasteiger partial charge in [0.1, 0.15) is 0 Å². The molecule has 0 unspecified atom stereocenters. The molecule has 5 heteroatoms. The Morgan fingerprint density at radius 3 is 2.00 bits per heavy atom. The van der Waals surface area contributed by atoms with E-state index in [0.29, 0.717) is 11.3 Å². The van der Waals surface area contributed by atoms with Crippen LogP contribution in [0.2, 0.25) is 0 Å². The number of hydrogen-bond donors (Lipinski definition) is 2. The first kappa shape index (κ1) is 15.7. The van der Waals surface area contributed by atoms with Gasteiger partial charge in [-0.1, -0.05) is 48.5 Å². The molecule has 2 rings (SSSR count). The minimum atomic E-state index is -1.78. The van der Waals surface area contributed by atoms with Crippen molar-refractivity contribution < 1.29 is 14.7 Å². The van der Waals surface area contributed by atoms with Crippen molar-refractivity contribution in [1.29, 1.82) is 0 Å². The normalized spacial score (nSPS) is 13.2. The molecule has 22 heavy (non-hydrogen) atoms. The molecule has 0 spiro atoms. The van der Waals surface area contributed by atoms with E-state index < -0.39 is 17.3 Å². The first-order valence-electron chi connectivity index (χ1n) is 6.87. The molecule has 2 aromatic rings. The fraction of sp³-hybridized carbons (Fsp3) is 0.176. The van der Waals surface area contributed by atoms with Gasteiger partial charge in [0, 0.05) is 11.3 Å². The van der Waals surface area contributed by atoms with Crippen molar-refractivity contribution in [2.75, 3.05) is 11.6 Å². The number of nitrogens with zero attached hydrogens (tertiary/aromatic N) is 1. The Morgan fingerprint density at radius 2 is 1.55 bits per heavy atom. The number of aliphatic carboxylic acids is 1. The summed E-state index contributed by atoms with van der Waals surface area (Å²) in [5, 5.41) is 9.71. The highest BCUT2D eigenvalue weighted by atomic mass is 16.4. The van der Waals surface area contributed by atoms with E-state index in [1.807, 2.05) is 6.07 Å². The number of carboxylic acid groups (broad SMARTS) is 1. The molecule has 0 aliphatic rings. The Balaban J connectivity index is 2.52. The van der Waals surface area contributed by atoms with Crippen LogP contribution in [-0.2, 0) is 4.79 Å². The molecule has 0 saturated carbocycles. The predicted octanol–water partition coefficient (Wildman–Crippen LogP) is 2.14. The van der Waals surface area contributed by atoms with Gasteiger partial charge in [-0.3, -0.25) is 4.79 Å². The van der Waals surface area contributed by atoms with Crippen LogP contribution in [0.3, 0.4) is 0 Å². The summed E-state index contributed by atoms with van der Waals surface area (Å²) in [4.78, 5) is 26.1. The fourth-order valence-corrected chi connectivity index (χ4v) is 2.36. The zero-order chi connectivity index (χ0) is 16.2. The van der Waals surface area contributed by atoms with Crippen LogP contribution in [0.1, 0.15) is 17.3 Å². The van der Waals surface area contributed by atoms with Gasteiger partial charge in [-0.2, -0.15) is 0 Å². The number of hydrogen-bond acceptors (Lipinski definition) is 4. The Morgan fingerprint density at radius 1 is 1.05 bits per heavy atom. The number of carbonyl (C=O) groups excluding carboxylic acids is 1. The van der Waals surface area contributed by atoms with Gasteiger partial charge in [0.2, 0.25) is 0 Å². The molecule has 5 nitrogen and oxygen atoms in total. The second kappa shape index (κ2) is 6.41. The van der Waals surface area contributed by atoms with E-state index in [4.69, 9.17) is 5.73 Å². The minimum absolute atomic E-state index is 0.0919. The molecule has 0 aliphatic heterocycles. The van der Waals surface area contributed by atoms with Crippen LogP contribution in [-0.4, -0.2) is 29.1 Å². The first-order valence-corrected chi connectivity index (χ1v) is 6.87. The summed E-state index contributed by atoms with van der Waals surface area (Å²) >= 11 is 0.